The monoisotopic (exact) mass is 564 g/mol. The van der Waals surface area contributed by atoms with E-state index in [-0.39, 0.29) is 37.8 Å². The Kier molecular flexibility index (Phi) is 8.53. The number of alkyl halides is 3. The van der Waals surface area contributed by atoms with E-state index in [0.717, 1.165) is 24.5 Å². The van der Waals surface area contributed by atoms with Crippen molar-refractivity contribution in [3.63, 3.8) is 0 Å². The van der Waals surface area contributed by atoms with Crippen LogP contribution in [0.1, 0.15) is 69.4 Å². The van der Waals surface area contributed by atoms with Crippen LogP contribution in [0.2, 0.25) is 0 Å². The fourth-order valence-corrected chi connectivity index (χ4v) is 6.21. The molecule has 1 saturated heterocycles. The number of hydrogen-bond acceptors (Lipinski definition) is 3. The number of carbonyl (C=O) groups is 1. The van der Waals surface area contributed by atoms with Crippen LogP contribution in [0.25, 0.3) is 11.1 Å². The van der Waals surface area contributed by atoms with Crippen LogP contribution in [0.4, 0.5) is 22.0 Å². The molecule has 3 fully saturated rings. The van der Waals surface area contributed by atoms with Gasteiger partial charge in [0.05, 0.1) is 18.6 Å². The average molecular weight is 565 g/mol. The molecule has 0 aromatic heterocycles. The van der Waals surface area contributed by atoms with Crippen molar-refractivity contribution in [3.8, 4) is 11.1 Å². The molecule has 9 heteroatoms. The molecule has 1 amide bonds. The highest BCUT2D eigenvalue weighted by atomic mass is 19.3. The van der Waals surface area contributed by atoms with Gasteiger partial charge in [0, 0.05) is 31.6 Å². The highest BCUT2D eigenvalue weighted by Gasteiger charge is 2.50. The molecule has 4 atom stereocenters. The number of piperidine rings is 1. The van der Waals surface area contributed by atoms with E-state index >= 15 is 8.78 Å². The molecule has 0 unspecified atom stereocenters. The van der Waals surface area contributed by atoms with Gasteiger partial charge in [0.2, 0.25) is 5.91 Å². The van der Waals surface area contributed by atoms with Gasteiger partial charge in [-0.25, -0.2) is 22.0 Å². The molecule has 0 bridgehead atoms. The Labute approximate surface area is 232 Å². The van der Waals surface area contributed by atoms with Crippen LogP contribution in [0.5, 0.6) is 0 Å². The summed E-state index contributed by atoms with van der Waals surface area (Å²) >= 11 is 0. The Morgan fingerprint density at radius 2 is 1.80 bits per heavy atom. The van der Waals surface area contributed by atoms with Crippen molar-refractivity contribution in [2.45, 2.75) is 101 Å². The molecule has 2 saturated carbocycles. The quantitative estimate of drug-likeness (QED) is 0.369. The SMILES string of the molecule is CC(C)N1CC[C@@H](O[C@H]2CCCC(F)(F)[C@@H]2NC(=O)Cc2cccc(-c3cc(F)cc(F)c3)c2C2CC2)[C@H](F)C1. The Bertz CT molecular complexity index is 1200. The number of likely N-dealkylation sites (tertiary alicyclic amines) is 1. The third-order valence-corrected chi connectivity index (χ3v) is 8.44. The summed E-state index contributed by atoms with van der Waals surface area (Å²) in [5.74, 6) is -5.04. The number of nitrogens with zero attached hydrogens (tertiary/aromatic N) is 1. The second-order valence-electron chi connectivity index (χ2n) is 11.8. The van der Waals surface area contributed by atoms with Crippen LogP contribution in [-0.4, -0.2) is 60.3 Å². The van der Waals surface area contributed by atoms with Crippen LogP contribution in [0.15, 0.2) is 36.4 Å². The van der Waals surface area contributed by atoms with Gasteiger partial charge in [0.15, 0.2) is 0 Å². The maximum Gasteiger partial charge on any atom is 0.270 e. The molecular formula is C31H37F5N2O2. The minimum atomic E-state index is -3.19. The van der Waals surface area contributed by atoms with E-state index in [1.165, 1.54) is 12.1 Å². The van der Waals surface area contributed by atoms with E-state index < -0.39 is 47.9 Å². The lowest BCUT2D eigenvalue weighted by Crippen LogP contribution is -2.59. The molecule has 4 nitrogen and oxygen atoms in total. The van der Waals surface area contributed by atoms with Crippen molar-refractivity contribution in [2.75, 3.05) is 13.1 Å². The van der Waals surface area contributed by atoms with Gasteiger partial charge in [-0.15, -0.1) is 0 Å². The molecule has 1 heterocycles. The van der Waals surface area contributed by atoms with E-state index in [9.17, 15) is 18.0 Å². The summed E-state index contributed by atoms with van der Waals surface area (Å²) in [7, 11) is 0. The number of rotatable bonds is 8. The van der Waals surface area contributed by atoms with Gasteiger partial charge in [-0.05, 0) is 86.3 Å². The van der Waals surface area contributed by atoms with Gasteiger partial charge in [-0.1, -0.05) is 18.2 Å². The first-order chi connectivity index (χ1) is 19.0. The molecule has 1 aliphatic heterocycles. The van der Waals surface area contributed by atoms with Crippen molar-refractivity contribution >= 4 is 5.91 Å². The van der Waals surface area contributed by atoms with Crippen molar-refractivity contribution in [1.29, 1.82) is 0 Å². The van der Waals surface area contributed by atoms with Crippen molar-refractivity contribution in [3.05, 3.63) is 59.2 Å². The van der Waals surface area contributed by atoms with Gasteiger partial charge < -0.3 is 10.1 Å². The molecule has 2 aromatic carbocycles. The molecular weight excluding hydrogens is 527 g/mol. The Hall–Kier alpha value is -2.52. The van der Waals surface area contributed by atoms with E-state index in [4.69, 9.17) is 4.74 Å². The fraction of sp³-hybridized carbons (Fsp3) is 0.581. The van der Waals surface area contributed by atoms with Gasteiger partial charge >= 0.3 is 0 Å². The minimum Gasteiger partial charge on any atom is -0.369 e. The zero-order valence-electron chi connectivity index (χ0n) is 22.9. The summed E-state index contributed by atoms with van der Waals surface area (Å²) in [6.45, 7) is 4.79. The molecule has 0 spiro atoms. The van der Waals surface area contributed by atoms with Crippen LogP contribution in [0, 0.1) is 11.6 Å². The van der Waals surface area contributed by atoms with Crippen molar-refractivity contribution in [1.82, 2.24) is 10.2 Å². The molecule has 3 aliphatic rings. The summed E-state index contributed by atoms with van der Waals surface area (Å²) < 4.78 is 79.2. The molecule has 40 heavy (non-hydrogen) atoms. The second-order valence-corrected chi connectivity index (χ2v) is 11.8. The average Bonchev–Trinajstić information content (AvgIpc) is 3.71. The van der Waals surface area contributed by atoms with Crippen LogP contribution >= 0.6 is 0 Å². The van der Waals surface area contributed by atoms with Crippen LogP contribution in [0.3, 0.4) is 0 Å². The fourth-order valence-electron chi connectivity index (χ4n) is 6.21. The number of carbonyl (C=O) groups excluding carboxylic acids is 1. The van der Waals surface area contributed by atoms with Crippen LogP contribution < -0.4 is 5.32 Å². The maximum atomic E-state index is 15.1. The van der Waals surface area contributed by atoms with E-state index in [2.05, 4.69) is 5.32 Å². The first kappa shape index (κ1) is 29.0. The first-order valence-electron chi connectivity index (χ1n) is 14.3. The van der Waals surface area contributed by atoms with Gasteiger partial charge in [0.1, 0.15) is 23.8 Å². The van der Waals surface area contributed by atoms with Gasteiger partial charge in [-0.3, -0.25) is 9.69 Å². The normalized spacial score (nSPS) is 27.1. The van der Waals surface area contributed by atoms with E-state index in [0.29, 0.717) is 36.1 Å². The van der Waals surface area contributed by atoms with E-state index in [1.807, 2.05) is 18.7 Å². The Morgan fingerprint density at radius 3 is 2.45 bits per heavy atom. The highest BCUT2D eigenvalue weighted by molar-refractivity contribution is 5.81. The van der Waals surface area contributed by atoms with Crippen molar-refractivity contribution in [2.24, 2.45) is 0 Å². The molecule has 1 N–H and O–H groups in total. The van der Waals surface area contributed by atoms with Gasteiger partial charge in [0.25, 0.3) is 5.92 Å². The predicted molar refractivity (Wildman–Crippen MR) is 143 cm³/mol. The summed E-state index contributed by atoms with van der Waals surface area (Å²) in [6, 6.07) is 7.16. The number of hydrogen-bond donors (Lipinski definition) is 1. The molecule has 0 radical (unpaired) electrons. The first-order valence-corrected chi connectivity index (χ1v) is 14.3. The predicted octanol–water partition coefficient (Wildman–Crippen LogP) is 6.56. The number of benzene rings is 2. The minimum absolute atomic E-state index is 0.135. The summed E-state index contributed by atoms with van der Waals surface area (Å²) in [4.78, 5) is 15.2. The number of halogens is 5. The number of nitrogens with one attached hydrogen (secondary N) is 1. The lowest BCUT2D eigenvalue weighted by Gasteiger charge is -2.42. The third-order valence-electron chi connectivity index (χ3n) is 8.44. The lowest BCUT2D eigenvalue weighted by molar-refractivity contribution is -0.166. The smallest absolute Gasteiger partial charge is 0.270 e. The number of ether oxygens (including phenoxy) is 1. The highest BCUT2D eigenvalue weighted by Crippen LogP contribution is 2.46. The zero-order chi connectivity index (χ0) is 28.6. The van der Waals surface area contributed by atoms with E-state index in [1.54, 1.807) is 18.2 Å². The number of amides is 1. The summed E-state index contributed by atoms with van der Waals surface area (Å²) in [5, 5.41) is 2.54. The van der Waals surface area contributed by atoms with Crippen molar-refractivity contribution < 1.29 is 31.5 Å². The lowest BCUT2D eigenvalue weighted by atomic mass is 9.87. The third kappa shape index (κ3) is 6.51. The Balaban J connectivity index is 1.33. The summed E-state index contributed by atoms with van der Waals surface area (Å²) in [5.41, 5.74) is 2.47. The zero-order valence-corrected chi connectivity index (χ0v) is 22.9. The molecule has 2 aromatic rings. The molecule has 218 valence electrons. The maximum absolute atomic E-state index is 15.1. The van der Waals surface area contributed by atoms with Gasteiger partial charge in [-0.2, -0.15) is 0 Å². The molecule has 5 rings (SSSR count). The second kappa shape index (κ2) is 11.8. The largest absolute Gasteiger partial charge is 0.369 e. The summed E-state index contributed by atoms with van der Waals surface area (Å²) in [6.07, 6.45) is -0.925. The standard InChI is InChI=1S/C31H37F5N2O2/c1-18(2)38-12-10-26(25(34)17-38)40-27-7-4-11-31(35,36)30(27)37-28(39)15-20-5-3-6-24(29(20)19-8-9-19)21-13-22(32)16-23(33)14-21/h3,5-6,13-14,16,18-19,25-27,30H,4,7-12,15,17H2,1-2H3,(H,37,39)/t25-,26-,27+,30-/m1/s1. The van der Waals surface area contributed by atoms with Crippen LogP contribution in [-0.2, 0) is 16.0 Å². The molecule has 2 aliphatic carbocycles. The topological polar surface area (TPSA) is 41.6 Å². The Morgan fingerprint density at radius 1 is 1.07 bits per heavy atom.